The Morgan fingerprint density at radius 1 is 1.29 bits per heavy atom. The zero-order chi connectivity index (χ0) is 17.6. The van der Waals surface area contributed by atoms with Gasteiger partial charge in [-0.3, -0.25) is 9.79 Å². The molecule has 0 aromatic heterocycles. The topological polar surface area (TPSA) is 99.7 Å². The van der Waals surface area contributed by atoms with Gasteiger partial charge in [-0.1, -0.05) is 13.3 Å². The van der Waals surface area contributed by atoms with E-state index in [9.17, 15) is 13.2 Å². The molecule has 2 fully saturated rings. The second-order valence-electron chi connectivity index (χ2n) is 6.98. The van der Waals surface area contributed by atoms with Gasteiger partial charge in [-0.05, 0) is 31.1 Å². The lowest BCUT2D eigenvalue weighted by molar-refractivity contribution is -0.121. The number of rotatable bonds is 7. The van der Waals surface area contributed by atoms with Crippen molar-refractivity contribution >= 4 is 21.7 Å². The number of guanidine groups is 1. The normalized spacial score (nSPS) is 24.9. The standard InChI is InChI=1S/C16H30N4O3S/c1-3-16(7-4-8-16)12-19-15(17-2)18-9-5-14(21)20-13-6-10-24(22,23)11-13/h13H,3-12H2,1-2H3,(H,20,21)(H2,17,18,19). The van der Waals surface area contributed by atoms with Crippen LogP contribution in [0.2, 0.25) is 0 Å². The third-order valence-corrected chi connectivity index (χ3v) is 7.03. The number of carbonyl (C=O) groups is 1. The minimum absolute atomic E-state index is 0.0640. The molecule has 1 amide bonds. The first-order valence-corrected chi connectivity index (χ1v) is 10.6. The zero-order valence-electron chi connectivity index (χ0n) is 14.7. The average molecular weight is 359 g/mol. The molecule has 1 aliphatic carbocycles. The molecule has 0 aromatic carbocycles. The van der Waals surface area contributed by atoms with Crippen LogP contribution in [-0.4, -0.2) is 58.0 Å². The molecule has 0 aromatic rings. The van der Waals surface area contributed by atoms with Gasteiger partial charge in [-0.2, -0.15) is 0 Å². The largest absolute Gasteiger partial charge is 0.356 e. The SMILES string of the molecule is CCC1(CNC(=NC)NCCC(=O)NC2CCS(=O)(=O)C2)CCC1. The maximum Gasteiger partial charge on any atom is 0.222 e. The maximum atomic E-state index is 11.9. The number of sulfone groups is 1. The van der Waals surface area contributed by atoms with Crippen LogP contribution in [0.4, 0.5) is 0 Å². The maximum absolute atomic E-state index is 11.9. The molecular weight excluding hydrogens is 328 g/mol. The van der Waals surface area contributed by atoms with Gasteiger partial charge in [0, 0.05) is 32.6 Å². The highest BCUT2D eigenvalue weighted by Gasteiger charge is 2.35. The highest BCUT2D eigenvalue weighted by molar-refractivity contribution is 7.91. The van der Waals surface area contributed by atoms with Crippen LogP contribution in [0.1, 0.15) is 45.4 Å². The molecule has 8 heteroatoms. The Bertz CT molecular complexity index is 564. The summed E-state index contributed by atoms with van der Waals surface area (Å²) in [4.78, 5) is 16.1. The monoisotopic (exact) mass is 358 g/mol. The fraction of sp³-hybridized carbons (Fsp3) is 0.875. The smallest absolute Gasteiger partial charge is 0.222 e. The van der Waals surface area contributed by atoms with E-state index in [0.29, 0.717) is 30.8 Å². The minimum atomic E-state index is -2.96. The number of hydrogen-bond acceptors (Lipinski definition) is 4. The van der Waals surface area contributed by atoms with Crippen LogP contribution in [0.5, 0.6) is 0 Å². The number of hydrogen-bond donors (Lipinski definition) is 3. The molecule has 1 heterocycles. The molecule has 1 unspecified atom stereocenters. The number of aliphatic imine (C=N–C) groups is 1. The molecule has 1 saturated heterocycles. The van der Waals surface area contributed by atoms with Gasteiger partial charge < -0.3 is 16.0 Å². The Morgan fingerprint density at radius 2 is 2.04 bits per heavy atom. The lowest BCUT2D eigenvalue weighted by atomic mass is 9.67. The molecule has 7 nitrogen and oxygen atoms in total. The van der Waals surface area contributed by atoms with Gasteiger partial charge in [-0.25, -0.2) is 8.42 Å². The van der Waals surface area contributed by atoms with Crippen molar-refractivity contribution in [3.63, 3.8) is 0 Å². The molecule has 3 N–H and O–H groups in total. The van der Waals surface area contributed by atoms with E-state index in [1.807, 2.05) is 0 Å². The van der Waals surface area contributed by atoms with Gasteiger partial charge in [0.15, 0.2) is 15.8 Å². The molecule has 1 saturated carbocycles. The van der Waals surface area contributed by atoms with Crippen molar-refractivity contribution in [1.82, 2.24) is 16.0 Å². The minimum Gasteiger partial charge on any atom is -0.356 e. The second kappa shape index (κ2) is 8.18. The first-order chi connectivity index (χ1) is 11.4. The van der Waals surface area contributed by atoms with Crippen molar-refractivity contribution in [3.8, 4) is 0 Å². The Balaban J connectivity index is 1.63. The fourth-order valence-corrected chi connectivity index (χ4v) is 5.00. The first-order valence-electron chi connectivity index (χ1n) is 8.82. The third kappa shape index (κ3) is 5.36. The van der Waals surface area contributed by atoms with E-state index in [2.05, 4.69) is 27.9 Å². The van der Waals surface area contributed by atoms with Crippen LogP contribution >= 0.6 is 0 Å². The molecule has 0 radical (unpaired) electrons. The van der Waals surface area contributed by atoms with Crippen LogP contribution < -0.4 is 16.0 Å². The lowest BCUT2D eigenvalue weighted by Gasteiger charge is -2.41. The van der Waals surface area contributed by atoms with Crippen LogP contribution in [0.25, 0.3) is 0 Å². The van der Waals surface area contributed by atoms with E-state index >= 15 is 0 Å². The van der Waals surface area contributed by atoms with Crippen LogP contribution in [-0.2, 0) is 14.6 Å². The van der Waals surface area contributed by atoms with Crippen molar-refractivity contribution < 1.29 is 13.2 Å². The van der Waals surface area contributed by atoms with Gasteiger partial charge in [0.1, 0.15) is 0 Å². The molecule has 2 rings (SSSR count). The van der Waals surface area contributed by atoms with Gasteiger partial charge in [0.2, 0.25) is 5.91 Å². The van der Waals surface area contributed by atoms with Crippen LogP contribution in [0.15, 0.2) is 4.99 Å². The third-order valence-electron chi connectivity index (χ3n) is 5.26. The summed E-state index contributed by atoms with van der Waals surface area (Å²) in [6.07, 6.45) is 5.82. The summed E-state index contributed by atoms with van der Waals surface area (Å²) in [7, 11) is -1.24. The highest BCUT2D eigenvalue weighted by Crippen LogP contribution is 2.42. The van der Waals surface area contributed by atoms with E-state index in [0.717, 1.165) is 6.54 Å². The molecule has 1 aliphatic heterocycles. The van der Waals surface area contributed by atoms with Crippen molar-refractivity contribution in [3.05, 3.63) is 0 Å². The van der Waals surface area contributed by atoms with Gasteiger partial charge >= 0.3 is 0 Å². The van der Waals surface area contributed by atoms with E-state index in [-0.39, 0.29) is 23.5 Å². The summed E-state index contributed by atoms with van der Waals surface area (Å²) in [5.41, 5.74) is 0.406. The van der Waals surface area contributed by atoms with Crippen molar-refractivity contribution in [2.75, 3.05) is 31.6 Å². The Morgan fingerprint density at radius 3 is 2.54 bits per heavy atom. The molecule has 1 atom stereocenters. The quantitative estimate of drug-likeness (QED) is 0.453. The number of nitrogens with zero attached hydrogens (tertiary/aromatic N) is 1. The van der Waals surface area contributed by atoms with E-state index < -0.39 is 9.84 Å². The summed E-state index contributed by atoms with van der Waals surface area (Å²) in [6, 6.07) is -0.233. The molecule has 2 aliphatic rings. The van der Waals surface area contributed by atoms with Crippen LogP contribution in [0.3, 0.4) is 0 Å². The van der Waals surface area contributed by atoms with Gasteiger partial charge in [0.05, 0.1) is 11.5 Å². The van der Waals surface area contributed by atoms with Gasteiger partial charge in [-0.15, -0.1) is 0 Å². The molecule has 0 spiro atoms. The fourth-order valence-electron chi connectivity index (χ4n) is 3.33. The van der Waals surface area contributed by atoms with Crippen molar-refractivity contribution in [2.45, 2.75) is 51.5 Å². The summed E-state index contributed by atoms with van der Waals surface area (Å²) in [6.45, 7) is 3.62. The first kappa shape index (κ1) is 19.0. The molecular formula is C16H30N4O3S. The van der Waals surface area contributed by atoms with Crippen LogP contribution in [0, 0.1) is 5.41 Å². The Kier molecular flexibility index (Phi) is 6.48. The highest BCUT2D eigenvalue weighted by atomic mass is 32.2. The Hall–Kier alpha value is -1.31. The predicted octanol–water partition coefficient (Wildman–Crippen LogP) is 0.425. The summed E-state index contributed by atoms with van der Waals surface area (Å²) in [5, 5.41) is 9.29. The molecule has 0 bridgehead atoms. The molecule has 24 heavy (non-hydrogen) atoms. The Labute approximate surface area is 145 Å². The average Bonchev–Trinajstić information content (AvgIpc) is 2.83. The summed E-state index contributed by atoms with van der Waals surface area (Å²) in [5.74, 6) is 0.829. The summed E-state index contributed by atoms with van der Waals surface area (Å²) < 4.78 is 22.8. The number of carbonyl (C=O) groups excluding carboxylic acids is 1. The second-order valence-corrected chi connectivity index (χ2v) is 9.21. The van der Waals surface area contributed by atoms with E-state index in [1.165, 1.54) is 25.7 Å². The van der Waals surface area contributed by atoms with E-state index in [4.69, 9.17) is 0 Å². The number of amides is 1. The van der Waals surface area contributed by atoms with E-state index in [1.54, 1.807) is 7.05 Å². The zero-order valence-corrected chi connectivity index (χ0v) is 15.5. The number of nitrogens with one attached hydrogen (secondary N) is 3. The van der Waals surface area contributed by atoms with Gasteiger partial charge in [0.25, 0.3) is 0 Å². The molecule has 138 valence electrons. The lowest BCUT2D eigenvalue weighted by Crippen LogP contribution is -2.47. The van der Waals surface area contributed by atoms with Crippen molar-refractivity contribution in [2.24, 2.45) is 10.4 Å². The summed E-state index contributed by atoms with van der Waals surface area (Å²) >= 11 is 0. The predicted molar refractivity (Wildman–Crippen MR) is 95.8 cm³/mol. The van der Waals surface area contributed by atoms with Crippen molar-refractivity contribution in [1.29, 1.82) is 0 Å².